The fraction of sp³-hybridized carbons (Fsp3) is 0.241. The molecular weight excluding hydrogens is 460 g/mol. The minimum atomic E-state index is -0.590. The molecule has 7 nitrogen and oxygen atoms in total. The van der Waals surface area contributed by atoms with Crippen LogP contribution in [-0.4, -0.2) is 31.4 Å². The predicted octanol–water partition coefficient (Wildman–Crippen LogP) is 5.75. The Morgan fingerprint density at radius 1 is 1.00 bits per heavy atom. The number of benzene rings is 3. The zero-order valence-corrected chi connectivity index (χ0v) is 20.3. The standard InChI is InChI=1S/C29H28O7/c1-3-8-21-25(14-13-23(27(21)30)29(32)33-2)35-16-7-15-34-20-11-12-22-26(17-20)36-18-24(28(22)31)19-9-5-4-6-10-19/h4-6,9-14,17-18,30H,3,7-8,15-16H2,1-2H3. The summed E-state index contributed by atoms with van der Waals surface area (Å²) in [6.45, 7) is 2.72. The smallest absolute Gasteiger partial charge is 0.341 e. The average Bonchev–Trinajstić information content (AvgIpc) is 2.90. The first-order valence-electron chi connectivity index (χ1n) is 11.8. The van der Waals surface area contributed by atoms with Crippen LogP contribution in [0, 0.1) is 0 Å². The quantitative estimate of drug-likeness (QED) is 0.224. The number of hydrogen-bond acceptors (Lipinski definition) is 7. The zero-order valence-electron chi connectivity index (χ0n) is 20.3. The molecule has 3 aromatic carbocycles. The van der Waals surface area contributed by atoms with E-state index in [2.05, 4.69) is 0 Å². The highest BCUT2D eigenvalue weighted by atomic mass is 16.5. The molecule has 36 heavy (non-hydrogen) atoms. The minimum Gasteiger partial charge on any atom is -0.507 e. The van der Waals surface area contributed by atoms with Crippen molar-refractivity contribution in [2.24, 2.45) is 0 Å². The van der Waals surface area contributed by atoms with Crippen LogP contribution in [0.15, 0.2) is 76.1 Å². The van der Waals surface area contributed by atoms with Gasteiger partial charge in [0.2, 0.25) is 0 Å². The van der Waals surface area contributed by atoms with Crippen molar-refractivity contribution >= 4 is 16.9 Å². The third kappa shape index (κ3) is 5.35. The molecule has 0 fully saturated rings. The maximum absolute atomic E-state index is 12.9. The SMILES string of the molecule is CCCc1c(OCCCOc2ccc3c(=O)c(-c4ccccc4)coc3c2)ccc(C(=O)OC)c1O. The Labute approximate surface area is 208 Å². The van der Waals surface area contributed by atoms with Crippen LogP contribution in [0.25, 0.3) is 22.1 Å². The number of hydrogen-bond donors (Lipinski definition) is 1. The van der Waals surface area contributed by atoms with Crippen molar-refractivity contribution in [2.75, 3.05) is 20.3 Å². The first-order valence-corrected chi connectivity index (χ1v) is 11.8. The Morgan fingerprint density at radius 2 is 1.78 bits per heavy atom. The summed E-state index contributed by atoms with van der Waals surface area (Å²) in [5, 5.41) is 11.0. The van der Waals surface area contributed by atoms with Crippen molar-refractivity contribution in [3.63, 3.8) is 0 Å². The molecule has 0 spiro atoms. The second-order valence-corrected chi connectivity index (χ2v) is 8.23. The summed E-state index contributed by atoms with van der Waals surface area (Å²) in [5.41, 5.74) is 2.40. The van der Waals surface area contributed by atoms with E-state index in [4.69, 9.17) is 18.6 Å². The van der Waals surface area contributed by atoms with Crippen molar-refractivity contribution in [1.82, 2.24) is 0 Å². The summed E-state index contributed by atoms with van der Waals surface area (Å²) in [5.74, 6) is 0.423. The molecule has 0 radical (unpaired) electrons. The van der Waals surface area contributed by atoms with Crippen LogP contribution >= 0.6 is 0 Å². The van der Waals surface area contributed by atoms with E-state index in [0.717, 1.165) is 12.0 Å². The number of fused-ring (bicyclic) bond motifs is 1. The van der Waals surface area contributed by atoms with E-state index in [9.17, 15) is 14.7 Å². The zero-order chi connectivity index (χ0) is 25.5. The summed E-state index contributed by atoms with van der Waals surface area (Å²) in [6.07, 6.45) is 3.41. The van der Waals surface area contributed by atoms with E-state index in [-0.39, 0.29) is 16.7 Å². The van der Waals surface area contributed by atoms with Gasteiger partial charge in [-0.3, -0.25) is 4.79 Å². The number of phenols is 1. The van der Waals surface area contributed by atoms with Crippen LogP contribution in [0.3, 0.4) is 0 Å². The number of carbonyl (C=O) groups excluding carboxylic acids is 1. The van der Waals surface area contributed by atoms with Gasteiger partial charge in [0.25, 0.3) is 0 Å². The largest absolute Gasteiger partial charge is 0.507 e. The van der Waals surface area contributed by atoms with Gasteiger partial charge in [0.05, 0.1) is 31.3 Å². The van der Waals surface area contributed by atoms with E-state index in [1.54, 1.807) is 24.3 Å². The number of aromatic hydroxyl groups is 1. The molecule has 7 heteroatoms. The molecule has 4 aromatic rings. The average molecular weight is 489 g/mol. The molecular formula is C29H28O7. The van der Waals surface area contributed by atoms with Gasteiger partial charge in [-0.05, 0) is 36.2 Å². The molecule has 1 heterocycles. The normalized spacial score (nSPS) is 10.8. The highest BCUT2D eigenvalue weighted by Gasteiger charge is 2.18. The second-order valence-electron chi connectivity index (χ2n) is 8.23. The number of methoxy groups -OCH3 is 1. The highest BCUT2D eigenvalue weighted by Crippen LogP contribution is 2.33. The minimum absolute atomic E-state index is 0.0910. The van der Waals surface area contributed by atoms with Gasteiger partial charge in [0.15, 0.2) is 5.43 Å². The topological polar surface area (TPSA) is 95.2 Å². The Balaban J connectivity index is 1.37. The van der Waals surface area contributed by atoms with Gasteiger partial charge in [-0.25, -0.2) is 4.79 Å². The van der Waals surface area contributed by atoms with Gasteiger partial charge >= 0.3 is 5.97 Å². The van der Waals surface area contributed by atoms with Crippen LogP contribution in [0.4, 0.5) is 0 Å². The lowest BCUT2D eigenvalue weighted by Crippen LogP contribution is -2.08. The maximum Gasteiger partial charge on any atom is 0.341 e. The maximum atomic E-state index is 12.9. The van der Waals surface area contributed by atoms with Crippen LogP contribution in [-0.2, 0) is 11.2 Å². The fourth-order valence-corrected chi connectivity index (χ4v) is 3.97. The summed E-state index contributed by atoms with van der Waals surface area (Å²) in [4.78, 5) is 24.7. The number of esters is 1. The predicted molar refractivity (Wildman–Crippen MR) is 137 cm³/mol. The molecule has 186 valence electrons. The number of carbonyl (C=O) groups is 1. The van der Waals surface area contributed by atoms with Crippen molar-refractivity contribution in [2.45, 2.75) is 26.2 Å². The number of rotatable bonds is 10. The molecule has 0 aliphatic heterocycles. The number of phenolic OH excluding ortho intramolecular Hbond substituents is 1. The second kappa shape index (κ2) is 11.4. The molecule has 0 aliphatic rings. The molecule has 1 aromatic heterocycles. The summed E-state index contributed by atoms with van der Waals surface area (Å²) < 4.78 is 22.1. The lowest BCUT2D eigenvalue weighted by molar-refractivity contribution is 0.0597. The van der Waals surface area contributed by atoms with Crippen molar-refractivity contribution in [3.05, 3.63) is 88.3 Å². The monoisotopic (exact) mass is 488 g/mol. The summed E-state index contributed by atoms with van der Waals surface area (Å²) >= 11 is 0. The van der Waals surface area contributed by atoms with E-state index in [1.807, 2.05) is 37.3 Å². The van der Waals surface area contributed by atoms with Gasteiger partial charge in [0.1, 0.15) is 34.7 Å². The molecule has 0 bridgehead atoms. The van der Waals surface area contributed by atoms with Crippen molar-refractivity contribution in [1.29, 1.82) is 0 Å². The fourth-order valence-electron chi connectivity index (χ4n) is 3.97. The van der Waals surface area contributed by atoms with Crippen LogP contribution in [0.5, 0.6) is 17.2 Å². The first kappa shape index (κ1) is 24.9. The van der Waals surface area contributed by atoms with E-state index < -0.39 is 5.97 Å². The molecule has 4 rings (SSSR count). The Hall–Kier alpha value is -4.26. The van der Waals surface area contributed by atoms with Crippen LogP contribution in [0.2, 0.25) is 0 Å². The Bertz CT molecular complexity index is 1410. The Kier molecular flexibility index (Phi) is 7.90. The molecule has 0 unspecified atom stereocenters. The van der Waals surface area contributed by atoms with E-state index in [1.165, 1.54) is 19.4 Å². The van der Waals surface area contributed by atoms with Crippen LogP contribution in [0.1, 0.15) is 35.7 Å². The van der Waals surface area contributed by atoms with Gasteiger partial charge in [0, 0.05) is 18.1 Å². The van der Waals surface area contributed by atoms with Crippen molar-refractivity contribution in [3.8, 4) is 28.4 Å². The van der Waals surface area contributed by atoms with Gasteiger partial charge < -0.3 is 23.7 Å². The molecule has 0 saturated carbocycles. The van der Waals surface area contributed by atoms with Crippen molar-refractivity contribution < 1.29 is 28.5 Å². The first-order chi connectivity index (χ1) is 17.5. The lowest BCUT2D eigenvalue weighted by atomic mass is 10.0. The van der Waals surface area contributed by atoms with Gasteiger partial charge in [-0.1, -0.05) is 43.7 Å². The third-order valence-corrected chi connectivity index (χ3v) is 5.79. The molecule has 0 amide bonds. The summed E-state index contributed by atoms with van der Waals surface area (Å²) in [7, 11) is 1.27. The Morgan fingerprint density at radius 3 is 2.53 bits per heavy atom. The number of ether oxygens (including phenoxy) is 3. The van der Waals surface area contributed by atoms with E-state index >= 15 is 0 Å². The third-order valence-electron chi connectivity index (χ3n) is 5.79. The summed E-state index contributed by atoms with van der Waals surface area (Å²) in [6, 6.07) is 17.7. The van der Waals surface area contributed by atoms with Gasteiger partial charge in [-0.2, -0.15) is 0 Å². The van der Waals surface area contributed by atoms with E-state index in [0.29, 0.717) is 59.7 Å². The molecule has 1 N–H and O–H groups in total. The molecule has 0 atom stereocenters. The molecule has 0 aliphatic carbocycles. The molecule has 0 saturated heterocycles. The lowest BCUT2D eigenvalue weighted by Gasteiger charge is -2.15. The van der Waals surface area contributed by atoms with Crippen LogP contribution < -0.4 is 14.9 Å². The van der Waals surface area contributed by atoms with Gasteiger partial charge in [-0.15, -0.1) is 0 Å². The highest BCUT2D eigenvalue weighted by molar-refractivity contribution is 5.93.